The zero-order valence-corrected chi connectivity index (χ0v) is 12.2. The van der Waals surface area contributed by atoms with Crippen molar-refractivity contribution in [2.45, 2.75) is 33.1 Å². The lowest BCUT2D eigenvalue weighted by atomic mass is 9.85. The van der Waals surface area contributed by atoms with Crippen LogP contribution < -0.4 is 0 Å². The van der Waals surface area contributed by atoms with Crippen molar-refractivity contribution in [3.05, 3.63) is 34.9 Å². The molecular formula is C15H21NO3. The molecule has 0 aliphatic carbocycles. The summed E-state index contributed by atoms with van der Waals surface area (Å²) >= 11 is 0. The number of amides is 1. The van der Waals surface area contributed by atoms with Crippen molar-refractivity contribution in [2.24, 2.45) is 0 Å². The second-order valence-corrected chi connectivity index (χ2v) is 5.83. The minimum atomic E-state index is -1.01. The van der Waals surface area contributed by atoms with Gasteiger partial charge in [-0.2, -0.15) is 0 Å². The van der Waals surface area contributed by atoms with Crippen molar-refractivity contribution < 1.29 is 14.7 Å². The molecule has 0 atom stereocenters. The van der Waals surface area contributed by atoms with Crippen LogP contribution in [0.3, 0.4) is 0 Å². The van der Waals surface area contributed by atoms with Gasteiger partial charge in [0.05, 0.1) is 0 Å². The quantitative estimate of drug-likeness (QED) is 0.911. The van der Waals surface area contributed by atoms with Crippen molar-refractivity contribution in [3.8, 4) is 0 Å². The first-order valence-corrected chi connectivity index (χ1v) is 6.21. The molecule has 0 saturated carbocycles. The Balaban J connectivity index is 3.12. The van der Waals surface area contributed by atoms with Crippen LogP contribution in [-0.4, -0.2) is 35.5 Å². The van der Waals surface area contributed by atoms with E-state index in [-0.39, 0.29) is 17.9 Å². The number of hydrogen-bond acceptors (Lipinski definition) is 2. The largest absolute Gasteiger partial charge is 0.480 e. The van der Waals surface area contributed by atoms with E-state index in [4.69, 9.17) is 5.11 Å². The van der Waals surface area contributed by atoms with E-state index in [2.05, 4.69) is 20.8 Å². The summed E-state index contributed by atoms with van der Waals surface area (Å²) in [7, 11) is 1.50. The predicted octanol–water partition coefficient (Wildman–Crippen LogP) is 2.45. The molecule has 0 heterocycles. The van der Waals surface area contributed by atoms with Crippen molar-refractivity contribution in [2.75, 3.05) is 13.6 Å². The summed E-state index contributed by atoms with van der Waals surface area (Å²) in [4.78, 5) is 24.1. The Bertz CT molecular complexity index is 501. The third-order valence-corrected chi connectivity index (χ3v) is 3.05. The van der Waals surface area contributed by atoms with Gasteiger partial charge in [0, 0.05) is 12.6 Å². The molecule has 1 aromatic carbocycles. The molecule has 19 heavy (non-hydrogen) atoms. The second kappa shape index (κ2) is 5.43. The molecule has 1 amide bonds. The lowest BCUT2D eigenvalue weighted by Crippen LogP contribution is -2.32. The molecule has 4 heteroatoms. The first-order valence-electron chi connectivity index (χ1n) is 6.21. The molecule has 104 valence electrons. The van der Waals surface area contributed by atoms with Crippen molar-refractivity contribution in [1.82, 2.24) is 4.90 Å². The fourth-order valence-corrected chi connectivity index (χ4v) is 1.80. The molecule has 0 bridgehead atoms. The van der Waals surface area contributed by atoms with E-state index in [1.807, 2.05) is 25.1 Å². The maximum atomic E-state index is 12.2. The van der Waals surface area contributed by atoms with E-state index < -0.39 is 5.97 Å². The molecular weight excluding hydrogens is 242 g/mol. The summed E-state index contributed by atoms with van der Waals surface area (Å²) in [6.45, 7) is 7.79. The van der Waals surface area contributed by atoms with Crippen LogP contribution >= 0.6 is 0 Å². The van der Waals surface area contributed by atoms with Crippen LogP contribution in [0, 0.1) is 6.92 Å². The van der Waals surface area contributed by atoms with Crippen LogP contribution in [0.1, 0.15) is 42.3 Å². The highest BCUT2D eigenvalue weighted by molar-refractivity contribution is 5.97. The third kappa shape index (κ3) is 3.81. The molecule has 0 aliphatic rings. The summed E-state index contributed by atoms with van der Waals surface area (Å²) in [5, 5.41) is 8.74. The number of nitrogens with zero attached hydrogens (tertiary/aromatic N) is 1. The first kappa shape index (κ1) is 15.2. The number of carbonyl (C=O) groups excluding carboxylic acids is 1. The average molecular weight is 263 g/mol. The zero-order chi connectivity index (χ0) is 14.8. The highest BCUT2D eigenvalue weighted by atomic mass is 16.4. The number of aliphatic carboxylic acids is 1. The monoisotopic (exact) mass is 263 g/mol. The topological polar surface area (TPSA) is 57.6 Å². The maximum absolute atomic E-state index is 12.2. The average Bonchev–Trinajstić information content (AvgIpc) is 2.26. The van der Waals surface area contributed by atoms with E-state index in [0.29, 0.717) is 5.56 Å². The molecule has 1 rings (SSSR count). The third-order valence-electron chi connectivity index (χ3n) is 3.05. The number of hydrogen-bond donors (Lipinski definition) is 1. The molecule has 0 spiro atoms. The summed E-state index contributed by atoms with van der Waals surface area (Å²) < 4.78 is 0. The molecule has 1 aromatic rings. The Morgan fingerprint density at radius 3 is 2.32 bits per heavy atom. The van der Waals surface area contributed by atoms with Gasteiger partial charge in [-0.25, -0.2) is 0 Å². The van der Waals surface area contributed by atoms with Crippen molar-refractivity contribution in [3.63, 3.8) is 0 Å². The van der Waals surface area contributed by atoms with Gasteiger partial charge in [0.15, 0.2) is 0 Å². The number of likely N-dealkylation sites (N-methyl/N-ethyl adjacent to an activating group) is 1. The summed E-state index contributed by atoms with van der Waals surface area (Å²) in [6.07, 6.45) is 0. The lowest BCUT2D eigenvalue weighted by molar-refractivity contribution is -0.137. The van der Waals surface area contributed by atoms with Gasteiger partial charge in [0.25, 0.3) is 5.91 Å². The SMILES string of the molecule is Cc1ccc(C(C)(C)C)cc1C(=O)N(C)CC(=O)O. The number of carboxylic acid groups (broad SMARTS) is 1. The molecule has 4 nitrogen and oxygen atoms in total. The minimum absolute atomic E-state index is 0.0475. The molecule has 1 N–H and O–H groups in total. The normalized spacial score (nSPS) is 11.2. The number of rotatable bonds is 3. The van der Waals surface area contributed by atoms with Gasteiger partial charge >= 0.3 is 5.97 Å². The van der Waals surface area contributed by atoms with Gasteiger partial charge in [0.2, 0.25) is 0 Å². The first-order chi connectivity index (χ1) is 8.62. The van der Waals surface area contributed by atoms with Crippen LogP contribution in [0.15, 0.2) is 18.2 Å². The van der Waals surface area contributed by atoms with Crippen LogP contribution in [0.4, 0.5) is 0 Å². The Labute approximate surface area is 114 Å². The highest BCUT2D eigenvalue weighted by Crippen LogP contribution is 2.25. The Kier molecular flexibility index (Phi) is 4.35. The number of aryl methyl sites for hydroxylation is 1. The Morgan fingerprint density at radius 2 is 1.84 bits per heavy atom. The second-order valence-electron chi connectivity index (χ2n) is 5.83. The molecule has 0 radical (unpaired) electrons. The summed E-state index contributed by atoms with van der Waals surface area (Å²) in [5.74, 6) is -1.27. The van der Waals surface area contributed by atoms with Gasteiger partial charge in [0.1, 0.15) is 6.54 Å². The Hall–Kier alpha value is -1.84. The van der Waals surface area contributed by atoms with E-state index >= 15 is 0 Å². The maximum Gasteiger partial charge on any atom is 0.323 e. The zero-order valence-electron chi connectivity index (χ0n) is 12.2. The van der Waals surface area contributed by atoms with Gasteiger partial charge < -0.3 is 10.0 Å². The summed E-state index contributed by atoms with van der Waals surface area (Å²) in [6, 6.07) is 5.77. The summed E-state index contributed by atoms with van der Waals surface area (Å²) in [5.41, 5.74) is 2.44. The van der Waals surface area contributed by atoms with E-state index in [1.54, 1.807) is 0 Å². The lowest BCUT2D eigenvalue weighted by Gasteiger charge is -2.22. The molecule has 0 saturated heterocycles. The number of carboxylic acids is 1. The smallest absolute Gasteiger partial charge is 0.323 e. The van der Waals surface area contributed by atoms with E-state index in [0.717, 1.165) is 11.1 Å². The van der Waals surface area contributed by atoms with Crippen molar-refractivity contribution in [1.29, 1.82) is 0 Å². The number of carbonyl (C=O) groups is 2. The number of benzene rings is 1. The molecule has 0 unspecified atom stereocenters. The van der Waals surface area contributed by atoms with E-state index in [1.165, 1.54) is 11.9 Å². The molecule has 0 fully saturated rings. The van der Waals surface area contributed by atoms with Crippen molar-refractivity contribution >= 4 is 11.9 Å². The standard InChI is InChI=1S/C15H21NO3/c1-10-6-7-11(15(2,3)4)8-12(10)14(19)16(5)9-13(17)18/h6-8H,9H2,1-5H3,(H,17,18). The van der Waals surface area contributed by atoms with Gasteiger partial charge in [-0.15, -0.1) is 0 Å². The predicted molar refractivity (Wildman–Crippen MR) is 74.5 cm³/mol. The fraction of sp³-hybridized carbons (Fsp3) is 0.467. The van der Waals surface area contributed by atoms with Gasteiger partial charge in [-0.3, -0.25) is 9.59 Å². The molecule has 0 aromatic heterocycles. The van der Waals surface area contributed by atoms with Gasteiger partial charge in [-0.1, -0.05) is 32.9 Å². The molecule has 0 aliphatic heterocycles. The van der Waals surface area contributed by atoms with Crippen LogP contribution in [0.2, 0.25) is 0 Å². The van der Waals surface area contributed by atoms with Gasteiger partial charge in [-0.05, 0) is 29.5 Å². The minimum Gasteiger partial charge on any atom is -0.480 e. The van der Waals surface area contributed by atoms with Crippen LogP contribution in [0.25, 0.3) is 0 Å². The van der Waals surface area contributed by atoms with Crippen LogP contribution in [0.5, 0.6) is 0 Å². The Morgan fingerprint density at radius 1 is 1.26 bits per heavy atom. The highest BCUT2D eigenvalue weighted by Gasteiger charge is 2.20. The van der Waals surface area contributed by atoms with E-state index in [9.17, 15) is 9.59 Å². The fourth-order valence-electron chi connectivity index (χ4n) is 1.80. The van der Waals surface area contributed by atoms with Crippen LogP contribution in [-0.2, 0) is 10.2 Å².